The topological polar surface area (TPSA) is 12.4 Å². The van der Waals surface area contributed by atoms with Crippen molar-refractivity contribution in [3.8, 4) is 0 Å². The van der Waals surface area contributed by atoms with Gasteiger partial charge in [0.25, 0.3) is 0 Å². The van der Waals surface area contributed by atoms with E-state index in [1.807, 2.05) is 7.05 Å². The highest BCUT2D eigenvalue weighted by atomic mass is 14.7. The molecule has 0 radical (unpaired) electrons. The summed E-state index contributed by atoms with van der Waals surface area (Å²) in [5, 5.41) is 0. The largest absolute Gasteiger partial charge is 0.297 e. The highest BCUT2D eigenvalue weighted by Gasteiger charge is 2.13. The summed E-state index contributed by atoms with van der Waals surface area (Å²) in [7, 11) is 1.88. The maximum atomic E-state index is 4.26. The van der Waals surface area contributed by atoms with Crippen molar-refractivity contribution < 1.29 is 0 Å². The van der Waals surface area contributed by atoms with Crippen LogP contribution in [0.1, 0.15) is 40.5 Å². The normalized spacial score (nSPS) is 16.8. The molecule has 1 heteroatoms. The number of hydrogen-bond donors (Lipinski definition) is 0. The number of nitrogens with zero attached hydrogens (tertiary/aromatic N) is 1. The van der Waals surface area contributed by atoms with Crippen LogP contribution in [0.5, 0.6) is 0 Å². The lowest BCUT2D eigenvalue weighted by Gasteiger charge is -2.19. The van der Waals surface area contributed by atoms with Crippen LogP contribution in [-0.2, 0) is 0 Å². The van der Waals surface area contributed by atoms with Gasteiger partial charge in [0, 0.05) is 12.8 Å². The minimum atomic E-state index is 0.613. The molecule has 0 aliphatic rings. The third-order valence-corrected chi connectivity index (χ3v) is 2.92. The summed E-state index contributed by atoms with van der Waals surface area (Å²) in [6.07, 6.45) is 2.37. The van der Waals surface area contributed by atoms with E-state index in [1.165, 1.54) is 24.1 Å². The van der Waals surface area contributed by atoms with Gasteiger partial charge in [-0.1, -0.05) is 26.0 Å². The number of rotatable bonds is 5. The Morgan fingerprint density at radius 2 is 1.92 bits per heavy atom. The Kier molecular flexibility index (Phi) is 5.68. The highest BCUT2D eigenvalue weighted by Crippen LogP contribution is 2.21. The van der Waals surface area contributed by atoms with E-state index >= 15 is 0 Å². The quantitative estimate of drug-likeness (QED) is 0.453. The van der Waals surface area contributed by atoms with Crippen molar-refractivity contribution in [2.45, 2.75) is 40.5 Å². The molecule has 0 saturated heterocycles. The smallest absolute Gasteiger partial charge is 0.0276 e. The SMILES string of the molecule is C=C(C)C(C)CC(CC)C(C)=NC. The van der Waals surface area contributed by atoms with Gasteiger partial charge >= 0.3 is 0 Å². The molecule has 13 heavy (non-hydrogen) atoms. The van der Waals surface area contributed by atoms with E-state index in [0.717, 1.165) is 0 Å². The van der Waals surface area contributed by atoms with Crippen LogP contribution in [0.25, 0.3) is 0 Å². The molecule has 0 saturated carbocycles. The van der Waals surface area contributed by atoms with Gasteiger partial charge in [-0.25, -0.2) is 0 Å². The molecule has 1 nitrogen and oxygen atoms in total. The number of hydrogen-bond acceptors (Lipinski definition) is 1. The number of allylic oxidation sites excluding steroid dienone is 1. The van der Waals surface area contributed by atoms with Crippen LogP contribution < -0.4 is 0 Å². The second-order valence-electron chi connectivity index (χ2n) is 3.95. The van der Waals surface area contributed by atoms with Crippen LogP contribution in [0.2, 0.25) is 0 Å². The number of aliphatic imine (C=N–C) groups is 1. The van der Waals surface area contributed by atoms with Crippen LogP contribution in [0, 0.1) is 11.8 Å². The average molecular weight is 181 g/mol. The predicted molar refractivity (Wildman–Crippen MR) is 61.4 cm³/mol. The van der Waals surface area contributed by atoms with Crippen LogP contribution in [0.4, 0.5) is 0 Å². The van der Waals surface area contributed by atoms with Crippen LogP contribution >= 0.6 is 0 Å². The Morgan fingerprint density at radius 3 is 2.23 bits per heavy atom. The minimum absolute atomic E-state index is 0.613. The molecule has 0 amide bonds. The fourth-order valence-electron chi connectivity index (χ4n) is 1.44. The van der Waals surface area contributed by atoms with Gasteiger partial charge in [0.1, 0.15) is 0 Å². The molecule has 0 aromatic rings. The third kappa shape index (κ3) is 4.25. The van der Waals surface area contributed by atoms with Crippen molar-refractivity contribution in [3.05, 3.63) is 12.2 Å². The van der Waals surface area contributed by atoms with E-state index < -0.39 is 0 Å². The van der Waals surface area contributed by atoms with Crippen molar-refractivity contribution >= 4 is 5.71 Å². The summed E-state index contributed by atoms with van der Waals surface area (Å²) in [5.74, 6) is 1.25. The summed E-state index contributed by atoms with van der Waals surface area (Å²) in [5.41, 5.74) is 2.55. The molecule has 2 atom stereocenters. The summed E-state index contributed by atoms with van der Waals surface area (Å²) in [6, 6.07) is 0. The zero-order valence-corrected chi connectivity index (χ0v) is 9.72. The van der Waals surface area contributed by atoms with E-state index in [4.69, 9.17) is 0 Å². The van der Waals surface area contributed by atoms with E-state index in [1.54, 1.807) is 0 Å². The zero-order chi connectivity index (χ0) is 10.4. The monoisotopic (exact) mass is 181 g/mol. The summed E-state index contributed by atoms with van der Waals surface area (Å²) >= 11 is 0. The van der Waals surface area contributed by atoms with Gasteiger partial charge in [0.05, 0.1) is 0 Å². The van der Waals surface area contributed by atoms with Crippen molar-refractivity contribution in [2.24, 2.45) is 16.8 Å². The molecular formula is C12H23N. The standard InChI is InChI=1S/C12H23N/c1-7-12(11(5)13-6)8-10(4)9(2)3/h10,12H,2,7-8H2,1,3-6H3. The van der Waals surface area contributed by atoms with E-state index in [0.29, 0.717) is 11.8 Å². The molecule has 0 rings (SSSR count). The van der Waals surface area contributed by atoms with Crippen LogP contribution in [0.3, 0.4) is 0 Å². The predicted octanol–water partition coefficient (Wildman–Crippen LogP) is 3.71. The fraction of sp³-hybridized carbons (Fsp3) is 0.750. The molecule has 0 spiro atoms. The first-order valence-electron chi connectivity index (χ1n) is 5.11. The molecule has 2 unspecified atom stereocenters. The summed E-state index contributed by atoms with van der Waals surface area (Å²) in [4.78, 5) is 4.26. The van der Waals surface area contributed by atoms with Gasteiger partial charge < -0.3 is 0 Å². The molecule has 0 aliphatic heterocycles. The van der Waals surface area contributed by atoms with E-state index in [-0.39, 0.29) is 0 Å². The first-order chi connectivity index (χ1) is 6.02. The lowest BCUT2D eigenvalue weighted by atomic mass is 9.87. The molecule has 0 heterocycles. The van der Waals surface area contributed by atoms with Gasteiger partial charge in [-0.15, -0.1) is 0 Å². The zero-order valence-electron chi connectivity index (χ0n) is 9.72. The van der Waals surface area contributed by atoms with Gasteiger partial charge in [0.15, 0.2) is 0 Å². The van der Waals surface area contributed by atoms with Gasteiger partial charge in [-0.05, 0) is 38.5 Å². The second kappa shape index (κ2) is 5.95. The van der Waals surface area contributed by atoms with Crippen LogP contribution in [0.15, 0.2) is 17.1 Å². The molecule has 0 fully saturated rings. The Hall–Kier alpha value is -0.590. The average Bonchev–Trinajstić information content (AvgIpc) is 2.12. The van der Waals surface area contributed by atoms with Crippen molar-refractivity contribution in [2.75, 3.05) is 7.05 Å². The lowest BCUT2D eigenvalue weighted by Crippen LogP contribution is -2.14. The van der Waals surface area contributed by atoms with Crippen LogP contribution in [-0.4, -0.2) is 12.8 Å². The Morgan fingerprint density at radius 1 is 1.38 bits per heavy atom. The highest BCUT2D eigenvalue weighted by molar-refractivity contribution is 5.84. The molecule has 0 N–H and O–H groups in total. The van der Waals surface area contributed by atoms with Gasteiger partial charge in [-0.3, -0.25) is 4.99 Å². The third-order valence-electron chi connectivity index (χ3n) is 2.92. The molecule has 0 aliphatic carbocycles. The van der Waals surface area contributed by atoms with Crippen molar-refractivity contribution in [1.82, 2.24) is 0 Å². The van der Waals surface area contributed by atoms with Gasteiger partial charge in [-0.2, -0.15) is 0 Å². The lowest BCUT2D eigenvalue weighted by molar-refractivity contribution is 0.503. The van der Waals surface area contributed by atoms with Gasteiger partial charge in [0.2, 0.25) is 0 Å². The summed E-state index contributed by atoms with van der Waals surface area (Å²) in [6.45, 7) is 12.7. The Labute approximate surface area is 83.0 Å². The van der Waals surface area contributed by atoms with Crippen molar-refractivity contribution in [3.63, 3.8) is 0 Å². The second-order valence-corrected chi connectivity index (χ2v) is 3.95. The van der Waals surface area contributed by atoms with Crippen molar-refractivity contribution in [1.29, 1.82) is 0 Å². The summed E-state index contributed by atoms with van der Waals surface area (Å²) < 4.78 is 0. The van der Waals surface area contributed by atoms with E-state index in [2.05, 4.69) is 39.3 Å². The first-order valence-corrected chi connectivity index (χ1v) is 5.11. The fourth-order valence-corrected chi connectivity index (χ4v) is 1.44. The first kappa shape index (κ1) is 12.4. The molecular weight excluding hydrogens is 158 g/mol. The molecule has 0 aromatic carbocycles. The Balaban J connectivity index is 4.21. The van der Waals surface area contributed by atoms with E-state index in [9.17, 15) is 0 Å². The maximum absolute atomic E-state index is 4.26. The molecule has 76 valence electrons. The minimum Gasteiger partial charge on any atom is -0.297 e. The Bertz CT molecular complexity index is 191. The molecule has 0 bridgehead atoms. The maximum Gasteiger partial charge on any atom is 0.0276 e. The molecule has 0 aromatic heterocycles.